The van der Waals surface area contributed by atoms with Gasteiger partial charge in [-0.3, -0.25) is 4.79 Å². The van der Waals surface area contributed by atoms with Crippen LogP contribution in [0, 0.1) is 19.8 Å². The van der Waals surface area contributed by atoms with Crippen LogP contribution in [0.15, 0.2) is 39.8 Å². The highest BCUT2D eigenvalue weighted by atomic mass is 16.5. The summed E-state index contributed by atoms with van der Waals surface area (Å²) in [5.74, 6) is 2.79. The minimum atomic E-state index is -0.182. The molecule has 0 radical (unpaired) electrons. The molecule has 1 atom stereocenters. The Hall–Kier alpha value is -2.83. The van der Waals surface area contributed by atoms with Gasteiger partial charge in [0.1, 0.15) is 17.4 Å². The van der Waals surface area contributed by atoms with Gasteiger partial charge in [-0.1, -0.05) is 6.07 Å². The van der Waals surface area contributed by atoms with Crippen LogP contribution in [0.5, 0.6) is 0 Å². The Morgan fingerprint density at radius 2 is 2.20 bits per heavy atom. The van der Waals surface area contributed by atoms with Crippen molar-refractivity contribution in [2.75, 3.05) is 29.9 Å². The zero-order valence-electron chi connectivity index (χ0n) is 14.4. The van der Waals surface area contributed by atoms with Gasteiger partial charge >= 0.3 is 0 Å². The van der Waals surface area contributed by atoms with Crippen molar-refractivity contribution in [3.05, 3.63) is 52.1 Å². The molecule has 25 heavy (non-hydrogen) atoms. The zero-order chi connectivity index (χ0) is 17.4. The van der Waals surface area contributed by atoms with Crippen molar-refractivity contribution in [2.45, 2.75) is 20.3 Å². The second-order valence-electron chi connectivity index (χ2n) is 6.65. The quantitative estimate of drug-likeness (QED) is 0.786. The number of aryl methyl sites for hydroxylation is 2. The first kappa shape index (κ1) is 15.7. The zero-order valence-corrected chi connectivity index (χ0v) is 14.4. The highest BCUT2D eigenvalue weighted by Gasteiger charge is 2.24. The highest BCUT2D eigenvalue weighted by molar-refractivity contribution is 5.48. The fourth-order valence-electron chi connectivity index (χ4n) is 3.20. The van der Waals surface area contributed by atoms with Crippen molar-refractivity contribution < 1.29 is 4.52 Å². The topological polar surface area (TPSA) is 75.7 Å². The fourth-order valence-corrected chi connectivity index (χ4v) is 3.20. The van der Waals surface area contributed by atoms with Gasteiger partial charge in [-0.15, -0.1) is 4.57 Å². The van der Waals surface area contributed by atoms with E-state index in [0.717, 1.165) is 43.3 Å². The second-order valence-corrected chi connectivity index (χ2v) is 6.65. The maximum Gasteiger partial charge on any atom is 0.289 e. The number of anilines is 2. The van der Waals surface area contributed by atoms with E-state index in [1.165, 1.54) is 4.57 Å². The lowest BCUT2D eigenvalue weighted by Crippen LogP contribution is -2.25. The summed E-state index contributed by atoms with van der Waals surface area (Å²) >= 11 is 0. The molecule has 0 aromatic carbocycles. The van der Waals surface area contributed by atoms with Gasteiger partial charge in [0.15, 0.2) is 5.65 Å². The van der Waals surface area contributed by atoms with Gasteiger partial charge in [0, 0.05) is 38.0 Å². The first-order valence-electron chi connectivity index (χ1n) is 8.51. The molecule has 1 aliphatic heterocycles. The van der Waals surface area contributed by atoms with Crippen LogP contribution >= 0.6 is 0 Å². The molecule has 3 aromatic heterocycles. The van der Waals surface area contributed by atoms with E-state index in [9.17, 15) is 4.79 Å². The lowest BCUT2D eigenvalue weighted by atomic mass is 10.1. The third-order valence-electron chi connectivity index (χ3n) is 4.55. The lowest BCUT2D eigenvalue weighted by Gasteiger charge is -2.17. The van der Waals surface area contributed by atoms with Gasteiger partial charge in [-0.05, 0) is 37.8 Å². The monoisotopic (exact) mass is 339 g/mol. The molecule has 4 heterocycles. The third-order valence-corrected chi connectivity index (χ3v) is 4.55. The highest BCUT2D eigenvalue weighted by Crippen LogP contribution is 2.22. The molecule has 4 rings (SSSR count). The number of nitrogens with zero attached hydrogens (tertiary/aromatic N) is 4. The molecule has 130 valence electrons. The first-order chi connectivity index (χ1) is 12.1. The van der Waals surface area contributed by atoms with Crippen LogP contribution in [-0.2, 0) is 0 Å². The Morgan fingerprint density at radius 1 is 1.32 bits per heavy atom. The Morgan fingerprint density at radius 3 is 3.00 bits per heavy atom. The van der Waals surface area contributed by atoms with Crippen LogP contribution in [0.2, 0.25) is 0 Å². The third kappa shape index (κ3) is 3.22. The number of hydrogen-bond acceptors (Lipinski definition) is 6. The van der Waals surface area contributed by atoms with Crippen molar-refractivity contribution in [1.82, 2.24) is 14.5 Å². The normalized spacial score (nSPS) is 17.4. The Bertz CT molecular complexity index is 944. The molecular formula is C18H21N5O2. The minimum Gasteiger partial charge on any atom is -0.375 e. The summed E-state index contributed by atoms with van der Waals surface area (Å²) in [5, 5.41) is 3.39. The maximum atomic E-state index is 12.2. The molecule has 1 N–H and O–H groups in total. The van der Waals surface area contributed by atoms with E-state index in [0.29, 0.717) is 17.3 Å². The molecule has 1 fully saturated rings. The van der Waals surface area contributed by atoms with Crippen molar-refractivity contribution >= 4 is 17.3 Å². The van der Waals surface area contributed by atoms with E-state index in [-0.39, 0.29) is 5.56 Å². The number of aromatic nitrogens is 3. The summed E-state index contributed by atoms with van der Waals surface area (Å²) in [6.07, 6.45) is 2.92. The van der Waals surface area contributed by atoms with Crippen molar-refractivity contribution in [3.63, 3.8) is 0 Å². The number of fused-ring (bicyclic) bond motifs is 1. The van der Waals surface area contributed by atoms with Crippen LogP contribution in [-0.4, -0.2) is 34.2 Å². The Kier molecular flexibility index (Phi) is 3.91. The largest absolute Gasteiger partial charge is 0.375 e. The van der Waals surface area contributed by atoms with Gasteiger partial charge < -0.3 is 14.7 Å². The second kappa shape index (κ2) is 6.23. The molecule has 0 spiro atoms. The average Bonchev–Trinajstić information content (AvgIpc) is 3.20. The number of hydrogen-bond donors (Lipinski definition) is 1. The molecule has 1 saturated heterocycles. The standard InChI is InChI=1S/C18H21N5O2/c1-12-3-4-15(19-9-12)20-10-14-5-6-22(11-14)16-8-18(24)23-17(21-16)7-13(2)25-23/h3-4,7-9,14H,5-6,10-11H2,1-2H3,(H,19,20). The number of nitrogens with one attached hydrogen (secondary N) is 1. The number of rotatable bonds is 4. The Balaban J connectivity index is 1.43. The molecule has 1 unspecified atom stereocenters. The average molecular weight is 339 g/mol. The first-order valence-corrected chi connectivity index (χ1v) is 8.51. The summed E-state index contributed by atoms with van der Waals surface area (Å²) in [6, 6.07) is 7.38. The smallest absolute Gasteiger partial charge is 0.289 e. The summed E-state index contributed by atoms with van der Waals surface area (Å²) in [6.45, 7) is 6.47. The maximum absolute atomic E-state index is 12.2. The van der Waals surface area contributed by atoms with Gasteiger partial charge in [0.2, 0.25) is 0 Å². The van der Waals surface area contributed by atoms with Crippen LogP contribution in [0.3, 0.4) is 0 Å². The van der Waals surface area contributed by atoms with Crippen LogP contribution in [0.25, 0.3) is 5.65 Å². The summed E-state index contributed by atoms with van der Waals surface area (Å²) in [4.78, 5) is 23.3. The summed E-state index contributed by atoms with van der Waals surface area (Å²) < 4.78 is 6.57. The predicted octanol–water partition coefficient (Wildman–Crippen LogP) is 2.24. The SMILES string of the molecule is Cc1ccc(NCC2CCN(c3cc(=O)n4oc(C)cc4n3)C2)nc1. The van der Waals surface area contributed by atoms with Gasteiger partial charge in [0.05, 0.1) is 0 Å². The minimum absolute atomic E-state index is 0.182. The molecule has 7 nitrogen and oxygen atoms in total. The van der Waals surface area contributed by atoms with Crippen LogP contribution in [0.4, 0.5) is 11.6 Å². The van der Waals surface area contributed by atoms with E-state index in [4.69, 9.17) is 4.52 Å². The van der Waals surface area contributed by atoms with Crippen LogP contribution in [0.1, 0.15) is 17.7 Å². The molecular weight excluding hydrogens is 318 g/mol. The van der Waals surface area contributed by atoms with E-state index < -0.39 is 0 Å². The lowest BCUT2D eigenvalue weighted by molar-refractivity contribution is 0.345. The van der Waals surface area contributed by atoms with E-state index in [2.05, 4.69) is 26.3 Å². The molecule has 7 heteroatoms. The predicted molar refractivity (Wildman–Crippen MR) is 96.2 cm³/mol. The number of pyridine rings is 1. The van der Waals surface area contributed by atoms with E-state index in [1.807, 2.05) is 26.1 Å². The summed E-state index contributed by atoms with van der Waals surface area (Å²) in [7, 11) is 0. The molecule has 0 amide bonds. The Labute approximate surface area is 145 Å². The van der Waals surface area contributed by atoms with Gasteiger partial charge in [-0.2, -0.15) is 0 Å². The molecule has 0 aliphatic carbocycles. The molecule has 3 aromatic rings. The van der Waals surface area contributed by atoms with Crippen molar-refractivity contribution in [1.29, 1.82) is 0 Å². The van der Waals surface area contributed by atoms with Crippen molar-refractivity contribution in [3.8, 4) is 0 Å². The molecule has 0 bridgehead atoms. The van der Waals surface area contributed by atoms with Crippen LogP contribution < -0.4 is 15.8 Å². The molecule has 1 aliphatic rings. The fraction of sp³-hybridized carbons (Fsp3) is 0.389. The van der Waals surface area contributed by atoms with E-state index >= 15 is 0 Å². The summed E-state index contributed by atoms with van der Waals surface area (Å²) in [5.41, 5.74) is 1.53. The van der Waals surface area contributed by atoms with Crippen molar-refractivity contribution in [2.24, 2.45) is 5.92 Å². The van der Waals surface area contributed by atoms with Gasteiger partial charge in [0.25, 0.3) is 5.56 Å². The molecule has 0 saturated carbocycles. The van der Waals surface area contributed by atoms with Gasteiger partial charge in [-0.25, -0.2) is 9.97 Å². The van der Waals surface area contributed by atoms with E-state index in [1.54, 1.807) is 12.1 Å².